The van der Waals surface area contributed by atoms with E-state index in [4.69, 9.17) is 4.74 Å². The van der Waals surface area contributed by atoms with Gasteiger partial charge in [-0.1, -0.05) is 25.0 Å². The van der Waals surface area contributed by atoms with Crippen LogP contribution in [0, 0.1) is 0 Å². The Hall–Kier alpha value is -1.26. The van der Waals surface area contributed by atoms with Gasteiger partial charge in [-0.15, -0.1) is 12.4 Å². The Balaban J connectivity index is 0.00000264. The van der Waals surface area contributed by atoms with Crippen molar-refractivity contribution in [3.8, 4) is 5.75 Å². The molecule has 0 bridgehead atoms. The highest BCUT2D eigenvalue weighted by Crippen LogP contribution is 2.41. The van der Waals surface area contributed by atoms with Gasteiger partial charge >= 0.3 is 0 Å². The van der Waals surface area contributed by atoms with E-state index in [1.165, 1.54) is 18.4 Å². The van der Waals surface area contributed by atoms with Crippen LogP contribution in [0.1, 0.15) is 44.1 Å². The normalized spacial score (nSPS) is 15.7. The summed E-state index contributed by atoms with van der Waals surface area (Å²) in [5, 5.41) is 6.23. The second-order valence-electron chi connectivity index (χ2n) is 6.20. The zero-order chi connectivity index (χ0) is 15.8. The Kier molecular flexibility index (Phi) is 8.42. The third kappa shape index (κ3) is 5.40. The Morgan fingerprint density at radius 2 is 2.04 bits per heavy atom. The molecule has 1 fully saturated rings. The molecular formula is C18H29ClN2O2. The fourth-order valence-electron chi connectivity index (χ4n) is 3.35. The average molecular weight is 341 g/mol. The predicted molar refractivity (Wildman–Crippen MR) is 96.6 cm³/mol. The van der Waals surface area contributed by atoms with Crippen molar-refractivity contribution in [2.45, 2.75) is 43.9 Å². The lowest BCUT2D eigenvalue weighted by molar-refractivity contribution is -0.121. The number of halogens is 1. The monoisotopic (exact) mass is 340 g/mol. The highest BCUT2D eigenvalue weighted by Gasteiger charge is 2.36. The van der Waals surface area contributed by atoms with E-state index in [2.05, 4.69) is 22.8 Å². The number of hydrogen-bond acceptors (Lipinski definition) is 3. The van der Waals surface area contributed by atoms with Gasteiger partial charge in [-0.05, 0) is 50.6 Å². The highest BCUT2D eigenvalue weighted by molar-refractivity contribution is 5.85. The molecule has 0 aromatic heterocycles. The molecule has 1 amide bonds. The van der Waals surface area contributed by atoms with Crippen molar-refractivity contribution in [3.63, 3.8) is 0 Å². The Morgan fingerprint density at radius 1 is 1.30 bits per heavy atom. The first-order valence-corrected chi connectivity index (χ1v) is 8.26. The minimum Gasteiger partial charge on any atom is -0.497 e. The molecule has 1 aliphatic rings. The maximum absolute atomic E-state index is 12.0. The molecule has 2 N–H and O–H groups in total. The molecule has 2 rings (SSSR count). The van der Waals surface area contributed by atoms with Crippen LogP contribution in [0.5, 0.6) is 5.75 Å². The van der Waals surface area contributed by atoms with Crippen LogP contribution in [0.2, 0.25) is 0 Å². The Bertz CT molecular complexity index is 488. The molecule has 1 aromatic rings. The Morgan fingerprint density at radius 3 is 2.70 bits per heavy atom. The number of hydrogen-bond donors (Lipinski definition) is 2. The molecule has 5 heteroatoms. The number of carbonyl (C=O) groups excluding carboxylic acids is 1. The molecule has 1 saturated carbocycles. The summed E-state index contributed by atoms with van der Waals surface area (Å²) in [6.07, 6.45) is 6.21. The summed E-state index contributed by atoms with van der Waals surface area (Å²) in [6, 6.07) is 8.31. The number of amides is 1. The standard InChI is InChI=1S/C18H28N2O2.ClH/c1-19-12-6-9-17(21)20-14-18(10-3-4-11-18)15-7-5-8-16(13-15)22-2;/h5,7-8,13,19H,3-4,6,9-12,14H2,1-2H3,(H,20,21);1H. The topological polar surface area (TPSA) is 50.4 Å². The molecular weight excluding hydrogens is 312 g/mol. The molecule has 0 atom stereocenters. The van der Waals surface area contributed by atoms with Gasteiger partial charge in [0.2, 0.25) is 5.91 Å². The number of rotatable bonds is 8. The van der Waals surface area contributed by atoms with Crippen molar-refractivity contribution in [3.05, 3.63) is 29.8 Å². The number of methoxy groups -OCH3 is 1. The van der Waals surface area contributed by atoms with Gasteiger partial charge in [-0.3, -0.25) is 4.79 Å². The van der Waals surface area contributed by atoms with E-state index in [1.807, 2.05) is 19.2 Å². The molecule has 0 radical (unpaired) electrons. The van der Waals surface area contributed by atoms with E-state index >= 15 is 0 Å². The number of ether oxygens (including phenoxy) is 1. The van der Waals surface area contributed by atoms with Crippen LogP contribution >= 0.6 is 12.4 Å². The highest BCUT2D eigenvalue weighted by atomic mass is 35.5. The minimum absolute atomic E-state index is 0. The molecule has 1 aromatic carbocycles. The van der Waals surface area contributed by atoms with E-state index in [0.29, 0.717) is 6.42 Å². The summed E-state index contributed by atoms with van der Waals surface area (Å²) >= 11 is 0. The van der Waals surface area contributed by atoms with Gasteiger partial charge in [0.15, 0.2) is 0 Å². The molecule has 0 saturated heterocycles. The van der Waals surface area contributed by atoms with Crippen molar-refractivity contribution in [2.24, 2.45) is 0 Å². The zero-order valence-corrected chi connectivity index (χ0v) is 15.0. The SMILES string of the molecule is CNCCCC(=O)NCC1(c2cccc(OC)c2)CCCC1.Cl. The van der Waals surface area contributed by atoms with Crippen LogP contribution in [-0.4, -0.2) is 33.2 Å². The average Bonchev–Trinajstić information content (AvgIpc) is 3.03. The summed E-state index contributed by atoms with van der Waals surface area (Å²) in [4.78, 5) is 12.0. The molecule has 0 aliphatic heterocycles. The predicted octanol–water partition coefficient (Wildman–Crippen LogP) is 3.04. The third-order valence-corrected chi connectivity index (χ3v) is 4.70. The zero-order valence-electron chi connectivity index (χ0n) is 14.2. The van der Waals surface area contributed by atoms with Gasteiger partial charge in [0.25, 0.3) is 0 Å². The van der Waals surface area contributed by atoms with E-state index in [1.54, 1.807) is 7.11 Å². The van der Waals surface area contributed by atoms with Crippen molar-refractivity contribution in [2.75, 3.05) is 27.2 Å². The largest absolute Gasteiger partial charge is 0.497 e. The van der Waals surface area contributed by atoms with Crippen LogP contribution in [0.3, 0.4) is 0 Å². The number of benzene rings is 1. The van der Waals surface area contributed by atoms with E-state index in [0.717, 1.165) is 38.1 Å². The summed E-state index contributed by atoms with van der Waals surface area (Å²) in [7, 11) is 3.61. The summed E-state index contributed by atoms with van der Waals surface area (Å²) < 4.78 is 5.36. The van der Waals surface area contributed by atoms with Gasteiger partial charge in [0.1, 0.15) is 5.75 Å². The van der Waals surface area contributed by atoms with Crippen LogP contribution in [-0.2, 0) is 10.2 Å². The molecule has 0 unspecified atom stereocenters. The lowest BCUT2D eigenvalue weighted by Gasteiger charge is -2.30. The summed E-state index contributed by atoms with van der Waals surface area (Å²) in [6.45, 7) is 1.62. The van der Waals surface area contributed by atoms with Crippen molar-refractivity contribution in [1.82, 2.24) is 10.6 Å². The second-order valence-corrected chi connectivity index (χ2v) is 6.20. The van der Waals surface area contributed by atoms with Gasteiger partial charge in [-0.2, -0.15) is 0 Å². The van der Waals surface area contributed by atoms with Crippen LogP contribution in [0.4, 0.5) is 0 Å². The number of nitrogens with one attached hydrogen (secondary N) is 2. The molecule has 4 nitrogen and oxygen atoms in total. The number of carbonyl (C=O) groups is 1. The first kappa shape index (κ1) is 19.8. The third-order valence-electron chi connectivity index (χ3n) is 4.70. The van der Waals surface area contributed by atoms with Gasteiger partial charge < -0.3 is 15.4 Å². The van der Waals surface area contributed by atoms with Crippen molar-refractivity contribution in [1.29, 1.82) is 0 Å². The lowest BCUT2D eigenvalue weighted by Crippen LogP contribution is -2.39. The molecule has 1 aliphatic carbocycles. The maximum Gasteiger partial charge on any atom is 0.220 e. The summed E-state index contributed by atoms with van der Waals surface area (Å²) in [5.74, 6) is 1.05. The van der Waals surface area contributed by atoms with Crippen LogP contribution in [0.25, 0.3) is 0 Å². The van der Waals surface area contributed by atoms with Crippen molar-refractivity contribution < 1.29 is 9.53 Å². The van der Waals surface area contributed by atoms with Crippen LogP contribution in [0.15, 0.2) is 24.3 Å². The minimum atomic E-state index is 0. The Labute approximate surface area is 145 Å². The quantitative estimate of drug-likeness (QED) is 0.715. The molecule has 0 heterocycles. The molecule has 0 spiro atoms. The fourth-order valence-corrected chi connectivity index (χ4v) is 3.35. The maximum atomic E-state index is 12.0. The first-order chi connectivity index (χ1) is 10.7. The van der Waals surface area contributed by atoms with Gasteiger partial charge in [-0.25, -0.2) is 0 Å². The van der Waals surface area contributed by atoms with Gasteiger partial charge in [0.05, 0.1) is 7.11 Å². The van der Waals surface area contributed by atoms with Crippen LogP contribution < -0.4 is 15.4 Å². The van der Waals surface area contributed by atoms with Gasteiger partial charge in [0, 0.05) is 18.4 Å². The summed E-state index contributed by atoms with van der Waals surface area (Å²) in [5.41, 5.74) is 1.37. The molecule has 23 heavy (non-hydrogen) atoms. The molecule has 130 valence electrons. The fraction of sp³-hybridized carbons (Fsp3) is 0.611. The second kappa shape index (κ2) is 9.78. The van der Waals surface area contributed by atoms with E-state index in [9.17, 15) is 4.79 Å². The first-order valence-electron chi connectivity index (χ1n) is 8.26. The van der Waals surface area contributed by atoms with E-state index < -0.39 is 0 Å². The van der Waals surface area contributed by atoms with E-state index in [-0.39, 0.29) is 23.7 Å². The lowest BCUT2D eigenvalue weighted by atomic mass is 9.78. The van der Waals surface area contributed by atoms with Crippen molar-refractivity contribution >= 4 is 18.3 Å². The smallest absolute Gasteiger partial charge is 0.220 e.